The number of hydrogen-bond acceptors (Lipinski definition) is 17. The highest BCUT2D eigenvalue weighted by molar-refractivity contribution is 7.45. The highest BCUT2D eigenvalue weighted by Gasteiger charge is 2.27. The first-order chi connectivity index (χ1) is 22.6. The quantitative estimate of drug-likeness (QED) is 0.0875. The lowest BCUT2D eigenvalue weighted by Gasteiger charge is -2.38. The average Bonchev–Trinajstić information content (AvgIpc) is 2.97. The number of aliphatic carboxylic acids is 5. The standard InChI is InChI=1S/C30H40N3O14P/c34-26(35)16-31(11-12-32(17-27(36)37)18-28(38)39)15-24(33(19-29(40)41)20-30(42)43)21-46-48(44,45)47-25(13-22-7-3-1-4-8-22)14-23-9-5-2-6-10-23/h1-10,24-25H,11-21H2,(H,34,35)(H,36,37)(H,38,39)(H,40,41)(H,42,43)(H,44,45)/p-6. The van der Waals surface area contributed by atoms with Crippen molar-refractivity contribution < 1.29 is 68.0 Å². The maximum atomic E-state index is 13.1. The van der Waals surface area contributed by atoms with Gasteiger partial charge in [0.1, 0.15) is 0 Å². The van der Waals surface area contributed by atoms with E-state index in [0.29, 0.717) is 4.90 Å². The Hall–Kier alpha value is -4.22. The molecule has 0 N–H and O–H groups in total. The first kappa shape index (κ1) is 40.0. The van der Waals surface area contributed by atoms with Crippen LogP contribution < -0.4 is 30.4 Å². The Balaban J connectivity index is 2.32. The van der Waals surface area contributed by atoms with Gasteiger partial charge < -0.3 is 63.4 Å². The largest absolute Gasteiger partial charge is 0.756 e. The van der Waals surface area contributed by atoms with E-state index >= 15 is 0 Å². The zero-order chi connectivity index (χ0) is 35.7. The van der Waals surface area contributed by atoms with Crippen molar-refractivity contribution in [1.29, 1.82) is 0 Å². The smallest absolute Gasteiger partial charge is 0.268 e. The summed E-state index contributed by atoms with van der Waals surface area (Å²) in [7, 11) is -5.22. The van der Waals surface area contributed by atoms with Gasteiger partial charge in [-0.25, -0.2) is 0 Å². The van der Waals surface area contributed by atoms with Crippen molar-refractivity contribution in [3.8, 4) is 0 Å². The van der Waals surface area contributed by atoms with Crippen LogP contribution in [0.3, 0.4) is 0 Å². The van der Waals surface area contributed by atoms with E-state index in [-0.39, 0.29) is 12.8 Å². The lowest BCUT2D eigenvalue weighted by Crippen LogP contribution is -2.55. The van der Waals surface area contributed by atoms with Crippen LogP contribution in [0.1, 0.15) is 11.1 Å². The summed E-state index contributed by atoms with van der Waals surface area (Å²) in [6.07, 6.45) is -0.680. The number of nitrogens with zero attached hydrogens (tertiary/aromatic N) is 3. The molecule has 0 aliphatic rings. The van der Waals surface area contributed by atoms with E-state index < -0.39 is 109 Å². The van der Waals surface area contributed by atoms with E-state index in [1.807, 2.05) is 0 Å². The van der Waals surface area contributed by atoms with Crippen molar-refractivity contribution in [2.45, 2.75) is 25.0 Å². The topological polar surface area (TPSA) is 269 Å². The summed E-state index contributed by atoms with van der Waals surface area (Å²) in [5.74, 6) is -8.50. The second-order valence-electron chi connectivity index (χ2n) is 10.7. The van der Waals surface area contributed by atoms with Crippen molar-refractivity contribution in [2.24, 2.45) is 0 Å². The number of carboxylic acid groups (broad SMARTS) is 5. The summed E-state index contributed by atoms with van der Waals surface area (Å²) in [5.41, 5.74) is 1.49. The van der Waals surface area contributed by atoms with Crippen LogP contribution in [-0.4, -0.2) is 116 Å². The summed E-state index contributed by atoms with van der Waals surface area (Å²) in [6.45, 7) is -7.09. The molecule has 48 heavy (non-hydrogen) atoms. The highest BCUT2D eigenvalue weighted by atomic mass is 31.2. The maximum Gasteiger partial charge on any atom is 0.268 e. The van der Waals surface area contributed by atoms with Gasteiger partial charge in [0.15, 0.2) is 0 Å². The van der Waals surface area contributed by atoms with E-state index in [0.717, 1.165) is 20.9 Å². The van der Waals surface area contributed by atoms with Gasteiger partial charge in [0.05, 0.1) is 42.6 Å². The third-order valence-electron chi connectivity index (χ3n) is 6.76. The number of rotatable bonds is 25. The molecule has 18 heteroatoms. The summed E-state index contributed by atoms with van der Waals surface area (Å²) in [4.78, 5) is 72.3. The molecule has 2 unspecified atom stereocenters. The molecule has 0 aliphatic heterocycles. The van der Waals surface area contributed by atoms with Gasteiger partial charge in [-0.15, -0.1) is 0 Å². The summed E-state index contributed by atoms with van der Waals surface area (Å²) < 4.78 is 23.7. The van der Waals surface area contributed by atoms with Crippen LogP contribution in [0, 0.1) is 0 Å². The third kappa shape index (κ3) is 17.1. The van der Waals surface area contributed by atoms with Crippen molar-refractivity contribution in [3.63, 3.8) is 0 Å². The van der Waals surface area contributed by atoms with Gasteiger partial charge in [0.25, 0.3) is 7.82 Å². The van der Waals surface area contributed by atoms with Crippen LogP contribution in [0.15, 0.2) is 60.7 Å². The Bertz CT molecular complexity index is 1320. The fourth-order valence-electron chi connectivity index (χ4n) is 4.79. The molecule has 0 saturated carbocycles. The molecule has 0 heterocycles. The molecule has 0 saturated heterocycles. The molecule has 0 aromatic heterocycles. The van der Waals surface area contributed by atoms with Crippen LogP contribution in [0.4, 0.5) is 0 Å². The Kier molecular flexibility index (Phi) is 16.8. The minimum atomic E-state index is -5.22. The van der Waals surface area contributed by atoms with Gasteiger partial charge in [-0.05, 0) is 24.0 Å². The molecule has 2 aromatic carbocycles. The summed E-state index contributed by atoms with van der Waals surface area (Å²) in [5, 5.41) is 56.6. The number of phosphoric ester groups is 1. The number of phosphoric acid groups is 1. The predicted octanol–water partition coefficient (Wildman–Crippen LogP) is -6.63. The van der Waals surface area contributed by atoms with Gasteiger partial charge in [-0.1, -0.05) is 60.7 Å². The van der Waals surface area contributed by atoms with E-state index in [1.165, 1.54) is 0 Å². The lowest BCUT2D eigenvalue weighted by molar-refractivity contribution is -0.313. The predicted molar refractivity (Wildman–Crippen MR) is 152 cm³/mol. The average molecular weight is 692 g/mol. The zero-order valence-corrected chi connectivity index (χ0v) is 26.6. The summed E-state index contributed by atoms with van der Waals surface area (Å²) >= 11 is 0. The van der Waals surface area contributed by atoms with Gasteiger partial charge in [-0.2, -0.15) is 0 Å². The second kappa shape index (κ2) is 20.2. The zero-order valence-electron chi connectivity index (χ0n) is 25.7. The fraction of sp³-hybridized carbons (Fsp3) is 0.433. The first-order valence-corrected chi connectivity index (χ1v) is 16.0. The third-order valence-corrected chi connectivity index (χ3v) is 7.78. The Morgan fingerprint density at radius 1 is 0.625 bits per heavy atom. The second-order valence-corrected chi connectivity index (χ2v) is 12.1. The number of hydrogen-bond donors (Lipinski definition) is 0. The molecular weight excluding hydrogens is 657 g/mol. The summed E-state index contributed by atoms with van der Waals surface area (Å²) in [6, 6.07) is 16.1. The first-order valence-electron chi connectivity index (χ1n) is 14.5. The van der Waals surface area contributed by atoms with Gasteiger partial charge in [0, 0.05) is 58.4 Å². The highest BCUT2D eigenvalue weighted by Crippen LogP contribution is 2.41. The molecule has 2 atom stereocenters. The lowest BCUT2D eigenvalue weighted by atomic mass is 10.0. The number of carbonyl (C=O) groups is 5. The number of carbonyl (C=O) groups excluding carboxylic acids is 5. The van der Waals surface area contributed by atoms with Gasteiger partial charge in [-0.3, -0.25) is 19.3 Å². The molecular formula is C30H34N3O14P-6. The SMILES string of the molecule is O=C([O-])CN(CCN(CC(=O)[O-])CC(COP(=O)([O-])OC(Cc1ccccc1)Cc1ccccc1)N(CC(=O)[O-])CC(=O)[O-])CC(=O)[O-]. The van der Waals surface area contributed by atoms with Crippen LogP contribution in [0.25, 0.3) is 0 Å². The minimum absolute atomic E-state index is 0.143. The van der Waals surface area contributed by atoms with Crippen molar-refractivity contribution in [3.05, 3.63) is 71.8 Å². The molecule has 0 spiro atoms. The maximum absolute atomic E-state index is 13.1. The molecule has 2 rings (SSSR count). The minimum Gasteiger partial charge on any atom is -0.756 e. The van der Waals surface area contributed by atoms with Crippen molar-refractivity contribution >= 4 is 37.7 Å². The van der Waals surface area contributed by atoms with Gasteiger partial charge in [0.2, 0.25) is 0 Å². The molecule has 17 nitrogen and oxygen atoms in total. The molecule has 0 amide bonds. The molecule has 0 bridgehead atoms. The van der Waals surface area contributed by atoms with Crippen molar-refractivity contribution in [2.75, 3.05) is 59.0 Å². The normalized spacial score (nSPS) is 13.4. The Morgan fingerprint density at radius 3 is 1.44 bits per heavy atom. The van der Waals surface area contributed by atoms with Crippen LogP contribution in [0.2, 0.25) is 0 Å². The Labute approximate surface area is 276 Å². The van der Waals surface area contributed by atoms with Crippen LogP contribution >= 0.6 is 7.82 Å². The Morgan fingerprint density at radius 2 is 1.02 bits per heavy atom. The van der Waals surface area contributed by atoms with Crippen molar-refractivity contribution in [1.82, 2.24) is 14.7 Å². The molecule has 0 aliphatic carbocycles. The molecule has 0 radical (unpaired) electrons. The van der Waals surface area contributed by atoms with E-state index in [1.54, 1.807) is 60.7 Å². The van der Waals surface area contributed by atoms with Gasteiger partial charge >= 0.3 is 0 Å². The van der Waals surface area contributed by atoms with Crippen LogP contribution in [0.5, 0.6) is 0 Å². The molecule has 0 fully saturated rings. The van der Waals surface area contributed by atoms with E-state index in [9.17, 15) is 59.0 Å². The monoisotopic (exact) mass is 691 g/mol. The number of carboxylic acids is 5. The molecule has 2 aromatic rings. The van der Waals surface area contributed by atoms with E-state index in [2.05, 4.69) is 0 Å². The fourth-order valence-corrected chi connectivity index (χ4v) is 5.72. The molecule has 264 valence electrons. The number of benzene rings is 2. The van der Waals surface area contributed by atoms with E-state index in [4.69, 9.17) is 9.05 Å². The van der Waals surface area contributed by atoms with Crippen LogP contribution in [-0.2, 0) is 50.4 Å².